The average Bonchev–Trinajstić information content (AvgIpc) is 3.40. The zero-order valence-electron chi connectivity index (χ0n) is 27.8. The van der Waals surface area contributed by atoms with E-state index in [-0.39, 0.29) is 68.6 Å². The van der Waals surface area contributed by atoms with Crippen molar-refractivity contribution in [3.05, 3.63) is 123 Å². The van der Waals surface area contributed by atoms with Gasteiger partial charge in [0.2, 0.25) is 5.75 Å². The largest absolute Gasteiger partial charge is 0.490 e. The minimum absolute atomic E-state index is 0.0743. The van der Waals surface area contributed by atoms with Crippen LogP contribution >= 0.6 is 27.3 Å². The number of hydrogen-bond acceptors (Lipinski definition) is 12. The van der Waals surface area contributed by atoms with E-state index in [1.807, 2.05) is 0 Å². The number of halogens is 2. The van der Waals surface area contributed by atoms with Crippen molar-refractivity contribution < 1.29 is 42.6 Å². The Hall–Kier alpha value is -5.35. The Morgan fingerprint density at radius 2 is 1.84 bits per heavy atom. The normalized spacial score (nSPS) is 14.0. The van der Waals surface area contributed by atoms with E-state index in [2.05, 4.69) is 25.7 Å². The van der Waals surface area contributed by atoms with Crippen LogP contribution in [0.5, 0.6) is 17.2 Å². The van der Waals surface area contributed by atoms with Gasteiger partial charge < -0.3 is 23.7 Å². The Morgan fingerprint density at radius 3 is 2.53 bits per heavy atom. The van der Waals surface area contributed by atoms with Gasteiger partial charge in [-0.3, -0.25) is 19.5 Å². The van der Waals surface area contributed by atoms with Crippen LogP contribution in [0.4, 0.5) is 10.1 Å². The highest BCUT2D eigenvalue weighted by Crippen LogP contribution is 2.38. The second-order valence-corrected chi connectivity index (χ2v) is 12.7. The van der Waals surface area contributed by atoms with E-state index in [9.17, 15) is 28.9 Å². The highest BCUT2D eigenvalue weighted by Gasteiger charge is 2.34. The molecule has 0 bridgehead atoms. The number of thiazole rings is 1. The predicted octanol–water partition coefficient (Wildman–Crippen LogP) is 5.14. The number of nitro groups is 1. The summed E-state index contributed by atoms with van der Waals surface area (Å²) in [5, 5.41) is 12.1. The molecule has 4 aromatic rings. The van der Waals surface area contributed by atoms with Gasteiger partial charge in [0.25, 0.3) is 5.56 Å². The first-order valence-electron chi connectivity index (χ1n) is 15.5. The number of methoxy groups -OCH3 is 1. The van der Waals surface area contributed by atoms with Gasteiger partial charge in [0.05, 0.1) is 51.6 Å². The second-order valence-electron chi connectivity index (χ2n) is 10.8. The molecule has 0 aliphatic carbocycles. The summed E-state index contributed by atoms with van der Waals surface area (Å²) in [7, 11) is 1.24. The monoisotopic (exact) mass is 783 g/mol. The Morgan fingerprint density at radius 1 is 1.08 bits per heavy atom. The maximum atomic E-state index is 14.2. The number of allylic oxidation sites excluding steroid dienone is 1. The molecular weight excluding hydrogens is 753 g/mol. The second kappa shape index (κ2) is 16.1. The minimum Gasteiger partial charge on any atom is -0.490 e. The third-order valence-corrected chi connectivity index (χ3v) is 9.12. The number of rotatable bonds is 13. The Kier molecular flexibility index (Phi) is 11.7. The van der Waals surface area contributed by atoms with Crippen molar-refractivity contribution in [3.8, 4) is 17.2 Å². The lowest BCUT2D eigenvalue weighted by atomic mass is 9.95. The lowest BCUT2D eigenvalue weighted by molar-refractivity contribution is -0.386. The van der Waals surface area contributed by atoms with E-state index in [0.29, 0.717) is 16.8 Å². The molecule has 3 aromatic carbocycles. The topological polar surface area (TPSA) is 158 Å². The summed E-state index contributed by atoms with van der Waals surface area (Å²) in [5.74, 6) is -1.40. The van der Waals surface area contributed by atoms with Crippen molar-refractivity contribution >= 4 is 51.0 Å². The van der Waals surface area contributed by atoms with E-state index < -0.39 is 40.0 Å². The first kappa shape index (κ1) is 36.9. The smallest absolute Gasteiger partial charge is 0.343 e. The van der Waals surface area contributed by atoms with Crippen LogP contribution in [0.3, 0.4) is 0 Å². The Balaban J connectivity index is 1.61. The van der Waals surface area contributed by atoms with E-state index >= 15 is 0 Å². The molecule has 0 unspecified atom stereocenters. The molecule has 0 N–H and O–H groups in total. The molecule has 16 heteroatoms. The van der Waals surface area contributed by atoms with Crippen molar-refractivity contribution in [3.63, 3.8) is 0 Å². The van der Waals surface area contributed by atoms with Crippen LogP contribution in [-0.4, -0.2) is 48.4 Å². The molecule has 266 valence electrons. The highest BCUT2D eigenvalue weighted by atomic mass is 79.9. The standard InChI is InChI=1S/C35H31BrFN3O10S/c1-5-47-27-16-21(11-12-26(27)49-18-29(41)46-4)31-30(34(43)48-6-2)19(3)38-35-39(31)33(42)28(51-35)15-20-13-23(36)32(25(14-20)40(44)45)50-17-22-9-7-8-10-24(22)37/h7-16,31H,5-6,17-18H2,1-4H3/b28-15+/t31-/m1/s1. The number of fused-ring (bicyclic) bond motifs is 1. The van der Waals surface area contributed by atoms with Crippen LogP contribution in [0.2, 0.25) is 0 Å². The summed E-state index contributed by atoms with van der Waals surface area (Å²) >= 11 is 4.36. The van der Waals surface area contributed by atoms with Gasteiger partial charge in [-0.05, 0) is 78.2 Å². The fourth-order valence-corrected chi connectivity index (χ4v) is 6.89. The SMILES string of the molecule is CCOC(=O)C1=C(C)N=c2s/c(=C/c3cc(Br)c(OCc4ccccc4F)c([N+](=O)[O-])c3)c(=O)n2[C@@H]1c1ccc(OCC(=O)OC)c(OCC)c1. The molecule has 2 heterocycles. The van der Waals surface area contributed by atoms with Crippen LogP contribution in [0.15, 0.2) is 80.1 Å². The average molecular weight is 785 g/mol. The lowest BCUT2D eigenvalue weighted by Gasteiger charge is -2.25. The summed E-state index contributed by atoms with van der Waals surface area (Å²) in [4.78, 5) is 55.6. The molecule has 0 saturated carbocycles. The Labute approximate surface area is 302 Å². The van der Waals surface area contributed by atoms with E-state index in [0.717, 1.165) is 11.3 Å². The number of carbonyl (C=O) groups excluding carboxylic acids is 2. The van der Waals surface area contributed by atoms with Crippen LogP contribution < -0.4 is 29.1 Å². The molecule has 1 atom stereocenters. The van der Waals surface area contributed by atoms with E-state index in [1.165, 1.54) is 48.1 Å². The number of esters is 2. The van der Waals surface area contributed by atoms with E-state index in [1.54, 1.807) is 45.0 Å². The fourth-order valence-electron chi connectivity index (χ4n) is 5.26. The molecule has 1 aromatic heterocycles. The summed E-state index contributed by atoms with van der Waals surface area (Å²) in [6.07, 6.45) is 1.47. The molecular formula is C35H31BrFN3O10S. The first-order valence-corrected chi connectivity index (χ1v) is 17.1. The molecule has 0 spiro atoms. The zero-order valence-corrected chi connectivity index (χ0v) is 30.2. The van der Waals surface area contributed by atoms with Gasteiger partial charge >= 0.3 is 17.6 Å². The van der Waals surface area contributed by atoms with Gasteiger partial charge in [0, 0.05) is 11.6 Å². The Bertz CT molecular complexity index is 2230. The van der Waals surface area contributed by atoms with Gasteiger partial charge in [-0.1, -0.05) is 35.6 Å². The predicted molar refractivity (Wildman–Crippen MR) is 187 cm³/mol. The van der Waals surface area contributed by atoms with Crippen molar-refractivity contribution in [1.29, 1.82) is 0 Å². The maximum absolute atomic E-state index is 14.2. The number of carbonyl (C=O) groups is 2. The fraction of sp³-hybridized carbons (Fsp3) is 0.257. The molecule has 0 amide bonds. The molecule has 0 radical (unpaired) electrons. The summed E-state index contributed by atoms with van der Waals surface area (Å²) in [5.41, 5.74) is 0.481. The van der Waals surface area contributed by atoms with Crippen LogP contribution in [0.25, 0.3) is 6.08 Å². The van der Waals surface area contributed by atoms with Gasteiger partial charge in [0.1, 0.15) is 12.4 Å². The first-order chi connectivity index (χ1) is 24.5. The van der Waals surface area contributed by atoms with Crippen molar-refractivity contribution in [2.45, 2.75) is 33.4 Å². The van der Waals surface area contributed by atoms with Crippen LogP contribution in [0, 0.1) is 15.9 Å². The number of nitro benzene ring substituents is 1. The number of nitrogens with zero attached hydrogens (tertiary/aromatic N) is 3. The molecule has 0 fully saturated rings. The molecule has 5 rings (SSSR count). The molecule has 51 heavy (non-hydrogen) atoms. The molecule has 1 aliphatic rings. The van der Waals surface area contributed by atoms with Crippen molar-refractivity contribution in [2.75, 3.05) is 26.9 Å². The molecule has 13 nitrogen and oxygen atoms in total. The maximum Gasteiger partial charge on any atom is 0.343 e. The number of benzene rings is 3. The van der Waals surface area contributed by atoms with Crippen molar-refractivity contribution in [2.24, 2.45) is 4.99 Å². The quantitative estimate of drug-likeness (QED) is 0.101. The minimum atomic E-state index is -1.01. The summed E-state index contributed by atoms with van der Waals surface area (Å²) in [6, 6.07) is 12.5. The summed E-state index contributed by atoms with van der Waals surface area (Å²) in [6.45, 7) is 4.75. The number of aromatic nitrogens is 1. The number of hydrogen-bond donors (Lipinski definition) is 0. The van der Waals surface area contributed by atoms with Gasteiger partial charge in [-0.15, -0.1) is 0 Å². The molecule has 1 aliphatic heterocycles. The van der Waals surface area contributed by atoms with E-state index in [4.69, 9.17) is 18.9 Å². The van der Waals surface area contributed by atoms with Crippen molar-refractivity contribution in [1.82, 2.24) is 4.57 Å². The van der Waals surface area contributed by atoms with Gasteiger partial charge in [-0.2, -0.15) is 0 Å². The highest BCUT2D eigenvalue weighted by molar-refractivity contribution is 9.10. The summed E-state index contributed by atoms with van der Waals surface area (Å²) < 4.78 is 43.0. The lowest BCUT2D eigenvalue weighted by Crippen LogP contribution is -2.40. The van der Waals surface area contributed by atoms with Gasteiger partial charge in [-0.25, -0.2) is 19.0 Å². The van der Waals surface area contributed by atoms with Gasteiger partial charge in [0.15, 0.2) is 22.9 Å². The zero-order chi connectivity index (χ0) is 36.8. The van der Waals surface area contributed by atoms with Crippen LogP contribution in [0.1, 0.15) is 43.5 Å². The van der Waals surface area contributed by atoms with Crippen LogP contribution in [-0.2, 0) is 25.7 Å². The number of ether oxygens (including phenoxy) is 5. The third kappa shape index (κ3) is 8.02. The third-order valence-electron chi connectivity index (χ3n) is 7.54. The molecule has 0 saturated heterocycles.